The van der Waals surface area contributed by atoms with Gasteiger partial charge < -0.3 is 19.7 Å². The molecule has 1 aliphatic rings. The number of piperidine rings is 1. The van der Waals surface area contributed by atoms with Gasteiger partial charge in [-0.25, -0.2) is 4.98 Å². The van der Waals surface area contributed by atoms with Gasteiger partial charge >= 0.3 is 0 Å². The number of aromatic hydroxyl groups is 1. The SMILES string of the molecule is Cc1cc(C#N)c(O)cc1-c1ccc2oc(N[C@@H]3CCCN(C)C3)nc2n1. The summed E-state index contributed by atoms with van der Waals surface area (Å²) in [6.45, 7) is 3.96. The third-order valence-corrected chi connectivity index (χ3v) is 4.94. The number of phenols is 1. The molecule has 1 atom stereocenters. The van der Waals surface area contributed by atoms with Gasteiger partial charge in [-0.1, -0.05) is 0 Å². The van der Waals surface area contributed by atoms with Gasteiger partial charge in [0, 0.05) is 18.2 Å². The summed E-state index contributed by atoms with van der Waals surface area (Å²) >= 11 is 0. The number of likely N-dealkylation sites (N-methyl/N-ethyl adjacent to an activating group) is 1. The van der Waals surface area contributed by atoms with Crippen LogP contribution in [0.5, 0.6) is 5.75 Å². The van der Waals surface area contributed by atoms with Gasteiger partial charge in [0.15, 0.2) is 5.58 Å². The van der Waals surface area contributed by atoms with E-state index in [0.717, 1.165) is 37.1 Å². The van der Waals surface area contributed by atoms with Crippen molar-refractivity contribution in [2.45, 2.75) is 25.8 Å². The predicted molar refractivity (Wildman–Crippen MR) is 102 cm³/mol. The second kappa shape index (κ2) is 6.89. The van der Waals surface area contributed by atoms with E-state index in [0.29, 0.717) is 29.0 Å². The highest BCUT2D eigenvalue weighted by Gasteiger charge is 2.19. The van der Waals surface area contributed by atoms with E-state index in [2.05, 4.69) is 27.2 Å². The number of nitrogens with one attached hydrogen (secondary N) is 1. The quantitative estimate of drug-likeness (QED) is 0.737. The summed E-state index contributed by atoms with van der Waals surface area (Å²) < 4.78 is 5.79. The second-order valence-corrected chi connectivity index (χ2v) is 7.08. The normalized spacial score (nSPS) is 17.7. The Morgan fingerprint density at radius 1 is 1.33 bits per heavy atom. The van der Waals surface area contributed by atoms with Crippen LogP contribution in [0.15, 0.2) is 28.7 Å². The molecule has 4 rings (SSSR count). The molecule has 1 aromatic carbocycles. The van der Waals surface area contributed by atoms with Crippen LogP contribution in [0.2, 0.25) is 0 Å². The van der Waals surface area contributed by atoms with Crippen molar-refractivity contribution in [1.82, 2.24) is 14.9 Å². The number of aryl methyl sites for hydroxylation is 1. The summed E-state index contributed by atoms with van der Waals surface area (Å²) in [7, 11) is 2.11. The van der Waals surface area contributed by atoms with Gasteiger partial charge in [0.25, 0.3) is 6.01 Å². The number of anilines is 1. The van der Waals surface area contributed by atoms with Gasteiger partial charge in [0.1, 0.15) is 11.8 Å². The first-order valence-corrected chi connectivity index (χ1v) is 9.00. The molecular weight excluding hydrogens is 342 g/mol. The van der Waals surface area contributed by atoms with E-state index in [1.807, 2.05) is 25.1 Å². The molecule has 0 bridgehead atoms. The number of phenolic OH excluding ortho intramolecular Hbond substituents is 1. The Hall–Kier alpha value is -3.11. The average molecular weight is 363 g/mol. The molecule has 138 valence electrons. The third-order valence-electron chi connectivity index (χ3n) is 4.94. The Morgan fingerprint density at radius 2 is 2.19 bits per heavy atom. The highest BCUT2D eigenvalue weighted by atomic mass is 16.4. The van der Waals surface area contributed by atoms with Gasteiger partial charge in [-0.05, 0) is 63.2 Å². The van der Waals surface area contributed by atoms with E-state index < -0.39 is 0 Å². The van der Waals surface area contributed by atoms with Crippen molar-refractivity contribution in [3.8, 4) is 23.1 Å². The molecule has 0 aliphatic carbocycles. The van der Waals surface area contributed by atoms with Crippen LogP contribution in [0.1, 0.15) is 24.0 Å². The van der Waals surface area contributed by atoms with E-state index >= 15 is 0 Å². The average Bonchev–Trinajstić information content (AvgIpc) is 3.04. The summed E-state index contributed by atoms with van der Waals surface area (Å²) in [6.07, 6.45) is 2.24. The van der Waals surface area contributed by atoms with Gasteiger partial charge in [0.05, 0.1) is 11.3 Å². The maximum Gasteiger partial charge on any atom is 0.297 e. The molecule has 0 spiro atoms. The van der Waals surface area contributed by atoms with Gasteiger partial charge in [-0.2, -0.15) is 10.2 Å². The summed E-state index contributed by atoms with van der Waals surface area (Å²) in [5, 5.41) is 22.4. The first-order chi connectivity index (χ1) is 13.0. The van der Waals surface area contributed by atoms with E-state index in [1.54, 1.807) is 12.1 Å². The number of hydrogen-bond acceptors (Lipinski definition) is 7. The van der Waals surface area contributed by atoms with Crippen LogP contribution in [-0.4, -0.2) is 46.2 Å². The highest BCUT2D eigenvalue weighted by molar-refractivity contribution is 5.76. The molecule has 7 nitrogen and oxygen atoms in total. The molecule has 0 radical (unpaired) electrons. The number of oxazole rings is 1. The molecule has 0 saturated carbocycles. The van der Waals surface area contributed by atoms with Crippen molar-refractivity contribution in [3.63, 3.8) is 0 Å². The Kier molecular flexibility index (Phi) is 4.42. The summed E-state index contributed by atoms with van der Waals surface area (Å²) in [6, 6.07) is 9.67. The predicted octanol–water partition coefficient (Wildman–Crippen LogP) is 3.28. The van der Waals surface area contributed by atoms with Gasteiger partial charge in [-0.3, -0.25) is 0 Å². The minimum Gasteiger partial charge on any atom is -0.507 e. The number of hydrogen-bond donors (Lipinski definition) is 2. The van der Waals surface area contributed by atoms with Crippen LogP contribution in [0.25, 0.3) is 22.5 Å². The van der Waals surface area contributed by atoms with Crippen LogP contribution < -0.4 is 5.32 Å². The third kappa shape index (κ3) is 3.44. The van der Waals surface area contributed by atoms with Gasteiger partial charge in [-0.15, -0.1) is 0 Å². The molecular formula is C20H21N5O2. The van der Waals surface area contributed by atoms with Crippen LogP contribution in [-0.2, 0) is 0 Å². The molecule has 1 fully saturated rings. The lowest BCUT2D eigenvalue weighted by Crippen LogP contribution is -2.39. The largest absolute Gasteiger partial charge is 0.507 e. The van der Waals surface area contributed by atoms with E-state index in [9.17, 15) is 5.11 Å². The standard InChI is InChI=1S/C20H21N5O2/c1-12-8-13(10-21)17(26)9-15(12)16-5-6-18-19(23-16)24-20(27-18)22-14-4-3-7-25(2)11-14/h5-6,8-9,14,26H,3-4,7,11H2,1-2H3,(H,22,23,24)/t14-/m1/s1. The van der Waals surface area contributed by atoms with Gasteiger partial charge in [0.2, 0.25) is 5.65 Å². The van der Waals surface area contributed by atoms with E-state index in [1.165, 1.54) is 0 Å². The molecule has 27 heavy (non-hydrogen) atoms. The fraction of sp³-hybridized carbons (Fsp3) is 0.350. The zero-order valence-electron chi connectivity index (χ0n) is 15.4. The Labute approximate surface area is 157 Å². The number of fused-ring (bicyclic) bond motifs is 1. The lowest BCUT2D eigenvalue weighted by atomic mass is 10.0. The van der Waals surface area contributed by atoms with Crippen molar-refractivity contribution in [1.29, 1.82) is 5.26 Å². The zero-order chi connectivity index (χ0) is 19.0. The number of benzene rings is 1. The van der Waals surface area contributed by atoms with Crippen molar-refractivity contribution < 1.29 is 9.52 Å². The lowest BCUT2D eigenvalue weighted by Gasteiger charge is -2.29. The smallest absolute Gasteiger partial charge is 0.297 e. The van der Waals surface area contributed by atoms with Crippen molar-refractivity contribution >= 4 is 17.2 Å². The number of nitriles is 1. The monoisotopic (exact) mass is 363 g/mol. The number of likely N-dealkylation sites (tertiary alicyclic amines) is 1. The first kappa shape index (κ1) is 17.3. The maximum absolute atomic E-state index is 10.00. The van der Waals surface area contributed by atoms with Crippen LogP contribution >= 0.6 is 0 Å². The van der Waals surface area contributed by atoms with Crippen molar-refractivity contribution in [2.24, 2.45) is 0 Å². The number of aromatic nitrogens is 2. The van der Waals surface area contributed by atoms with E-state index in [4.69, 9.17) is 9.68 Å². The first-order valence-electron chi connectivity index (χ1n) is 9.00. The lowest BCUT2D eigenvalue weighted by molar-refractivity contribution is 0.259. The molecule has 2 N–H and O–H groups in total. The van der Waals surface area contributed by atoms with E-state index in [-0.39, 0.29) is 11.3 Å². The fourth-order valence-corrected chi connectivity index (χ4v) is 3.55. The Morgan fingerprint density at radius 3 is 2.96 bits per heavy atom. The minimum absolute atomic E-state index is 0.0519. The summed E-state index contributed by atoms with van der Waals surface area (Å²) in [5.74, 6) is -0.0519. The molecule has 0 unspecified atom stereocenters. The Balaban J connectivity index is 1.63. The number of pyridine rings is 1. The highest BCUT2D eigenvalue weighted by Crippen LogP contribution is 2.30. The van der Waals surface area contributed by atoms with Crippen LogP contribution in [0.4, 0.5) is 6.01 Å². The topological polar surface area (TPSA) is 98.2 Å². The fourth-order valence-electron chi connectivity index (χ4n) is 3.55. The maximum atomic E-state index is 10.00. The van der Waals surface area contributed by atoms with Crippen molar-refractivity contribution in [2.75, 3.05) is 25.5 Å². The molecule has 1 saturated heterocycles. The zero-order valence-corrected chi connectivity index (χ0v) is 15.4. The Bertz CT molecular complexity index is 1040. The molecule has 3 aromatic rings. The number of rotatable bonds is 3. The molecule has 1 aliphatic heterocycles. The van der Waals surface area contributed by atoms with Crippen LogP contribution in [0.3, 0.4) is 0 Å². The number of nitrogens with zero attached hydrogens (tertiary/aromatic N) is 4. The minimum atomic E-state index is -0.0519. The molecule has 3 heterocycles. The van der Waals surface area contributed by atoms with Crippen molar-refractivity contribution in [3.05, 3.63) is 35.4 Å². The molecule has 2 aromatic heterocycles. The summed E-state index contributed by atoms with van der Waals surface area (Å²) in [4.78, 5) is 11.4. The molecule has 0 amide bonds. The second-order valence-electron chi connectivity index (χ2n) is 7.08. The molecule has 7 heteroatoms. The van der Waals surface area contributed by atoms with Crippen LogP contribution in [0, 0.1) is 18.3 Å². The summed E-state index contributed by atoms with van der Waals surface area (Å²) in [5.41, 5.74) is 3.69.